The van der Waals surface area contributed by atoms with E-state index in [1.165, 1.54) is 5.56 Å². The van der Waals surface area contributed by atoms with Crippen LogP contribution in [0.1, 0.15) is 37.7 Å². The number of ether oxygens (including phenoxy) is 2. The van der Waals surface area contributed by atoms with Gasteiger partial charge in [0.15, 0.2) is 0 Å². The van der Waals surface area contributed by atoms with E-state index in [9.17, 15) is 9.90 Å². The van der Waals surface area contributed by atoms with Crippen molar-refractivity contribution < 1.29 is 24.5 Å². The van der Waals surface area contributed by atoms with Crippen LogP contribution in [0, 0.1) is 5.92 Å². The predicted octanol–water partition coefficient (Wildman–Crippen LogP) is 2.92. The molecule has 0 spiro atoms. The van der Waals surface area contributed by atoms with E-state index >= 15 is 0 Å². The summed E-state index contributed by atoms with van der Waals surface area (Å²) in [6.07, 6.45) is 6.95. The summed E-state index contributed by atoms with van der Waals surface area (Å²) in [7, 11) is 0. The van der Waals surface area contributed by atoms with Crippen LogP contribution in [0.4, 0.5) is 0 Å². The third-order valence-corrected chi connectivity index (χ3v) is 6.36. The van der Waals surface area contributed by atoms with Gasteiger partial charge < -0.3 is 19.7 Å². The molecule has 0 radical (unpaired) electrons. The molecule has 1 saturated carbocycles. The van der Waals surface area contributed by atoms with Gasteiger partial charge in [-0.25, -0.2) is 0 Å². The van der Waals surface area contributed by atoms with E-state index in [1.54, 1.807) is 11.3 Å². The normalized spacial score (nSPS) is 28.9. The molecule has 0 amide bonds. The number of allylic oxidation sites excluding steroid dienone is 2. The van der Waals surface area contributed by atoms with Gasteiger partial charge in [-0.2, -0.15) is 11.3 Å². The Bertz CT molecular complexity index is 614. The number of thiophene rings is 1. The van der Waals surface area contributed by atoms with Gasteiger partial charge in [-0.05, 0) is 41.7 Å². The zero-order chi connectivity index (χ0) is 19.8. The van der Waals surface area contributed by atoms with Gasteiger partial charge in [0.2, 0.25) is 0 Å². The lowest BCUT2D eigenvalue weighted by Crippen LogP contribution is -2.50. The van der Waals surface area contributed by atoms with Crippen LogP contribution in [0.3, 0.4) is 0 Å². The van der Waals surface area contributed by atoms with Crippen molar-refractivity contribution in [2.75, 3.05) is 26.3 Å². The van der Waals surface area contributed by atoms with Crippen LogP contribution in [0.5, 0.6) is 0 Å². The number of aliphatic carboxylic acids is 1. The molecule has 2 aliphatic rings. The molecule has 0 unspecified atom stereocenters. The Morgan fingerprint density at radius 1 is 1.36 bits per heavy atom. The maximum Gasteiger partial charge on any atom is 0.303 e. The first-order valence-corrected chi connectivity index (χ1v) is 11.1. The van der Waals surface area contributed by atoms with E-state index in [0.29, 0.717) is 32.7 Å². The maximum atomic E-state index is 10.8. The molecular weight excluding hydrogens is 378 g/mol. The van der Waals surface area contributed by atoms with Crippen molar-refractivity contribution >= 4 is 17.3 Å². The molecule has 2 N–H and O–H groups in total. The van der Waals surface area contributed by atoms with E-state index in [2.05, 4.69) is 33.9 Å². The van der Waals surface area contributed by atoms with Crippen LogP contribution in [-0.2, 0) is 20.9 Å². The summed E-state index contributed by atoms with van der Waals surface area (Å²) in [5.41, 5.74) is 1.18. The zero-order valence-electron chi connectivity index (χ0n) is 16.2. The van der Waals surface area contributed by atoms with Crippen molar-refractivity contribution in [3.05, 3.63) is 34.5 Å². The first-order valence-electron chi connectivity index (χ1n) is 10.1. The molecule has 6 nitrogen and oxygen atoms in total. The lowest BCUT2D eigenvalue weighted by Gasteiger charge is -2.37. The molecule has 1 aliphatic heterocycles. The smallest absolute Gasteiger partial charge is 0.303 e. The molecule has 1 saturated heterocycles. The summed E-state index contributed by atoms with van der Waals surface area (Å²) in [5, 5.41) is 23.7. The Labute approximate surface area is 170 Å². The molecular formula is C21H31NO5S. The first-order chi connectivity index (χ1) is 13.6. The van der Waals surface area contributed by atoms with E-state index in [0.717, 1.165) is 25.9 Å². The summed E-state index contributed by atoms with van der Waals surface area (Å²) in [6.45, 7) is 3.69. The number of carboxylic acids is 1. The number of unbranched alkanes of at least 4 members (excludes halogenated alkanes) is 1. The van der Waals surface area contributed by atoms with Crippen molar-refractivity contribution in [2.45, 2.75) is 57.0 Å². The maximum absolute atomic E-state index is 10.8. The highest BCUT2D eigenvalue weighted by molar-refractivity contribution is 7.07. The van der Waals surface area contributed by atoms with Crippen LogP contribution in [-0.4, -0.2) is 65.6 Å². The number of morpholine rings is 1. The lowest BCUT2D eigenvalue weighted by atomic mass is 9.94. The van der Waals surface area contributed by atoms with Crippen molar-refractivity contribution in [2.24, 2.45) is 5.92 Å². The summed E-state index contributed by atoms with van der Waals surface area (Å²) in [4.78, 5) is 13.0. The number of carboxylic acid groups (broad SMARTS) is 1. The molecule has 1 aromatic rings. The number of rotatable bonds is 10. The first kappa shape index (κ1) is 21.5. The molecule has 1 aromatic heterocycles. The van der Waals surface area contributed by atoms with Crippen molar-refractivity contribution in [3.63, 3.8) is 0 Å². The SMILES string of the molecule is O=C(O)CCC/C=C\C[C@@H]1[C@@H](N2CCOCC2)[C@H](O)C[C@@H]1OCc1ccsc1. The fourth-order valence-electron chi connectivity index (χ4n) is 4.25. The highest BCUT2D eigenvalue weighted by Gasteiger charge is 2.45. The van der Waals surface area contributed by atoms with E-state index in [1.807, 2.05) is 0 Å². The molecule has 7 heteroatoms. The number of nitrogens with zero attached hydrogens (tertiary/aromatic N) is 1. The third-order valence-electron chi connectivity index (χ3n) is 5.63. The second kappa shape index (κ2) is 11.1. The fourth-order valence-corrected chi connectivity index (χ4v) is 4.90. The highest BCUT2D eigenvalue weighted by atomic mass is 32.1. The minimum atomic E-state index is -0.749. The van der Waals surface area contributed by atoms with Gasteiger partial charge in [0, 0.05) is 37.9 Å². The molecule has 0 bridgehead atoms. The van der Waals surface area contributed by atoms with Gasteiger partial charge in [0.25, 0.3) is 0 Å². The molecule has 156 valence electrons. The van der Waals surface area contributed by atoms with Gasteiger partial charge in [0.05, 0.1) is 32.0 Å². The van der Waals surface area contributed by atoms with E-state index < -0.39 is 12.1 Å². The van der Waals surface area contributed by atoms with Gasteiger partial charge in [-0.3, -0.25) is 9.69 Å². The molecule has 4 atom stereocenters. The quantitative estimate of drug-likeness (QED) is 0.457. The third kappa shape index (κ3) is 6.12. The Kier molecular flexibility index (Phi) is 8.48. The standard InChI is InChI=1S/C21H31NO5S/c23-18-13-19(27-14-16-7-12-28-15-16)17(5-3-1-2-4-6-20(24)25)21(18)22-8-10-26-11-9-22/h1,3,7,12,15,17-19,21,23H,2,4-6,8-11,13-14H2,(H,24,25)/b3-1-/t17-,18+,19-,21+/m0/s1. The zero-order valence-corrected chi connectivity index (χ0v) is 17.1. The van der Waals surface area contributed by atoms with Crippen molar-refractivity contribution in [1.29, 1.82) is 0 Å². The average molecular weight is 410 g/mol. The van der Waals surface area contributed by atoms with Gasteiger partial charge >= 0.3 is 5.97 Å². The second-order valence-corrected chi connectivity index (χ2v) is 8.36. The Balaban J connectivity index is 1.60. The summed E-state index contributed by atoms with van der Waals surface area (Å²) in [5.74, 6) is -0.524. The lowest BCUT2D eigenvalue weighted by molar-refractivity contribution is -0.137. The van der Waals surface area contributed by atoms with Crippen LogP contribution in [0.15, 0.2) is 29.0 Å². The minimum absolute atomic E-state index is 0.0198. The van der Waals surface area contributed by atoms with Crippen LogP contribution in [0.2, 0.25) is 0 Å². The van der Waals surface area contributed by atoms with E-state index in [-0.39, 0.29) is 24.5 Å². The van der Waals surface area contributed by atoms with Gasteiger partial charge in [-0.1, -0.05) is 12.2 Å². The fraction of sp³-hybridized carbons (Fsp3) is 0.667. The Morgan fingerprint density at radius 2 is 2.18 bits per heavy atom. The predicted molar refractivity (Wildman–Crippen MR) is 108 cm³/mol. The largest absolute Gasteiger partial charge is 0.481 e. The number of hydrogen-bond acceptors (Lipinski definition) is 6. The second-order valence-electron chi connectivity index (χ2n) is 7.58. The van der Waals surface area contributed by atoms with Crippen LogP contribution in [0.25, 0.3) is 0 Å². The number of aliphatic hydroxyl groups excluding tert-OH is 1. The molecule has 0 aromatic carbocycles. The number of aliphatic hydroxyl groups is 1. The molecule has 1 aliphatic carbocycles. The van der Waals surface area contributed by atoms with Gasteiger partial charge in [-0.15, -0.1) is 0 Å². The van der Waals surface area contributed by atoms with Crippen LogP contribution < -0.4 is 0 Å². The Hall–Kier alpha value is -1.25. The van der Waals surface area contributed by atoms with Crippen molar-refractivity contribution in [3.8, 4) is 0 Å². The van der Waals surface area contributed by atoms with Crippen LogP contribution >= 0.6 is 11.3 Å². The summed E-state index contributed by atoms with van der Waals surface area (Å²) >= 11 is 1.67. The average Bonchev–Trinajstić information content (AvgIpc) is 3.31. The molecule has 3 rings (SSSR count). The number of hydrogen-bond donors (Lipinski definition) is 2. The summed E-state index contributed by atoms with van der Waals surface area (Å²) in [6, 6.07) is 2.16. The number of carbonyl (C=O) groups is 1. The monoisotopic (exact) mass is 409 g/mol. The molecule has 28 heavy (non-hydrogen) atoms. The Morgan fingerprint density at radius 3 is 2.89 bits per heavy atom. The molecule has 2 heterocycles. The summed E-state index contributed by atoms with van der Waals surface area (Å²) < 4.78 is 11.7. The highest BCUT2D eigenvalue weighted by Crippen LogP contribution is 2.36. The van der Waals surface area contributed by atoms with E-state index in [4.69, 9.17) is 14.6 Å². The van der Waals surface area contributed by atoms with Gasteiger partial charge in [0.1, 0.15) is 0 Å². The minimum Gasteiger partial charge on any atom is -0.481 e. The topological polar surface area (TPSA) is 79.2 Å². The van der Waals surface area contributed by atoms with Crippen molar-refractivity contribution in [1.82, 2.24) is 4.90 Å². The molecule has 2 fully saturated rings.